The van der Waals surface area contributed by atoms with Crippen LogP contribution >= 0.6 is 24.0 Å². The maximum absolute atomic E-state index is 13.5. The highest BCUT2D eigenvalue weighted by Crippen LogP contribution is 2.22. The van der Waals surface area contributed by atoms with Crippen molar-refractivity contribution in [3.8, 4) is 0 Å². The van der Waals surface area contributed by atoms with Gasteiger partial charge in [0.15, 0.2) is 15.6 Å². The minimum Gasteiger partial charge on any atom is -0.452 e. The highest BCUT2D eigenvalue weighted by Gasteiger charge is 2.15. The zero-order valence-corrected chi connectivity index (χ0v) is 13.8. The average Bonchev–Trinajstić information content (AvgIpc) is 2.49. The van der Waals surface area contributed by atoms with Crippen molar-refractivity contribution in [2.75, 3.05) is 0 Å². The molecule has 2 rings (SSSR count). The molecule has 0 fully saturated rings. The topological polar surface area (TPSA) is 44.1 Å². The average molecular weight is 338 g/mol. The molecule has 4 nitrogen and oxygen atoms in total. The van der Waals surface area contributed by atoms with E-state index in [1.165, 1.54) is 6.20 Å². The fourth-order valence-electron chi connectivity index (χ4n) is 1.70. The number of carbonyl (C=O) groups is 1. The van der Waals surface area contributed by atoms with Gasteiger partial charge in [-0.1, -0.05) is 42.5 Å². The summed E-state index contributed by atoms with van der Waals surface area (Å²) >= 11 is 5.61. The molecule has 0 spiro atoms. The molecule has 0 radical (unpaired) electrons. The molecule has 1 heterocycles. The number of hydrogen-bond acceptors (Lipinski definition) is 5. The normalized spacial score (nSPS) is 10.7. The Hall–Kier alpha value is -1.73. The number of hydrogen-bond donors (Lipinski definition) is 0. The molecule has 0 atom stereocenters. The highest BCUT2D eigenvalue weighted by atomic mass is 32.2. The molecule has 116 valence electrons. The van der Waals surface area contributed by atoms with Crippen molar-refractivity contribution in [3.05, 3.63) is 52.5 Å². The summed E-state index contributed by atoms with van der Waals surface area (Å²) in [6, 6.07) is 9.30. The minimum absolute atomic E-state index is 0.0537. The number of halogens is 1. The lowest BCUT2D eigenvalue weighted by molar-refractivity contribution is 0.168. The lowest BCUT2D eigenvalue weighted by Gasteiger charge is -2.15. The predicted molar refractivity (Wildman–Crippen MR) is 85.9 cm³/mol. The van der Waals surface area contributed by atoms with Crippen molar-refractivity contribution in [1.29, 1.82) is 0 Å². The van der Waals surface area contributed by atoms with Gasteiger partial charge >= 0.3 is 5.30 Å². The fourth-order valence-corrected chi connectivity index (χ4v) is 2.67. The van der Waals surface area contributed by atoms with Crippen molar-refractivity contribution >= 4 is 29.3 Å². The van der Waals surface area contributed by atoms with Crippen LogP contribution in [0.1, 0.15) is 25.5 Å². The number of rotatable bonds is 4. The smallest absolute Gasteiger partial charge is 0.375 e. The number of ether oxygens (including phenoxy) is 1. The SMILES string of the molecule is CC(C)n1cc(F)c(=S)nc1SC(=O)OCc1ccccc1. The Morgan fingerprint density at radius 2 is 2.09 bits per heavy atom. The van der Waals surface area contributed by atoms with Gasteiger partial charge in [-0.3, -0.25) is 0 Å². The lowest BCUT2D eigenvalue weighted by atomic mass is 10.2. The van der Waals surface area contributed by atoms with Crippen LogP contribution in [-0.2, 0) is 11.3 Å². The Morgan fingerprint density at radius 3 is 2.73 bits per heavy atom. The molecule has 2 aromatic rings. The number of thioether (sulfide) groups is 1. The maximum atomic E-state index is 13.5. The Balaban J connectivity index is 2.08. The number of aromatic nitrogens is 2. The summed E-state index contributed by atoms with van der Waals surface area (Å²) in [4.78, 5) is 15.9. The van der Waals surface area contributed by atoms with Crippen LogP contribution in [0, 0.1) is 10.5 Å². The summed E-state index contributed by atoms with van der Waals surface area (Å²) < 4.78 is 20.1. The summed E-state index contributed by atoms with van der Waals surface area (Å²) in [6.07, 6.45) is 1.26. The second-order valence-corrected chi connectivity index (χ2v) is 6.09. The number of carbonyl (C=O) groups excluding carboxylic acids is 1. The van der Waals surface area contributed by atoms with Gasteiger partial charge in [-0.05, 0) is 19.4 Å². The molecule has 0 saturated heterocycles. The fraction of sp³-hybridized carbons (Fsp3) is 0.267. The Labute approximate surface area is 137 Å². The third-order valence-corrected chi connectivity index (χ3v) is 3.86. The van der Waals surface area contributed by atoms with Gasteiger partial charge in [-0.15, -0.1) is 0 Å². The monoisotopic (exact) mass is 338 g/mol. The van der Waals surface area contributed by atoms with Gasteiger partial charge in [-0.25, -0.2) is 14.2 Å². The van der Waals surface area contributed by atoms with Gasteiger partial charge in [0, 0.05) is 24.0 Å². The van der Waals surface area contributed by atoms with E-state index in [4.69, 9.17) is 17.0 Å². The number of benzene rings is 1. The Bertz CT molecular complexity index is 717. The summed E-state index contributed by atoms with van der Waals surface area (Å²) in [7, 11) is 0. The van der Waals surface area contributed by atoms with E-state index in [9.17, 15) is 9.18 Å². The van der Waals surface area contributed by atoms with Crippen LogP contribution in [0.4, 0.5) is 9.18 Å². The molecular formula is C15H15FN2O2S2. The minimum atomic E-state index is -0.578. The quantitative estimate of drug-likeness (QED) is 0.348. The van der Waals surface area contributed by atoms with E-state index in [1.807, 2.05) is 44.2 Å². The van der Waals surface area contributed by atoms with Crippen LogP contribution in [0.2, 0.25) is 0 Å². The Morgan fingerprint density at radius 1 is 1.41 bits per heavy atom. The van der Waals surface area contributed by atoms with E-state index in [-0.39, 0.29) is 17.3 Å². The standard InChI is InChI=1S/C15H15FN2O2S2/c1-10(2)18-8-12(16)13(21)17-14(18)22-15(19)20-9-11-6-4-3-5-7-11/h3-8,10H,9H2,1-2H3. The van der Waals surface area contributed by atoms with Crippen LogP contribution < -0.4 is 0 Å². The molecule has 0 aliphatic carbocycles. The molecule has 0 amide bonds. The first-order valence-corrected chi connectivity index (χ1v) is 7.87. The van der Waals surface area contributed by atoms with Gasteiger partial charge in [-0.2, -0.15) is 0 Å². The van der Waals surface area contributed by atoms with Gasteiger partial charge < -0.3 is 9.30 Å². The third-order valence-electron chi connectivity index (χ3n) is 2.81. The third kappa shape index (κ3) is 4.38. The van der Waals surface area contributed by atoms with Crippen LogP contribution in [0.25, 0.3) is 0 Å². The van der Waals surface area contributed by atoms with E-state index < -0.39 is 11.1 Å². The lowest BCUT2D eigenvalue weighted by Crippen LogP contribution is -2.10. The van der Waals surface area contributed by atoms with Crippen molar-refractivity contribution < 1.29 is 13.9 Å². The van der Waals surface area contributed by atoms with Crippen LogP contribution in [0.15, 0.2) is 41.7 Å². The maximum Gasteiger partial charge on any atom is 0.375 e. The summed E-state index contributed by atoms with van der Waals surface area (Å²) in [5.41, 5.74) is 0.893. The Kier molecular flexibility index (Phi) is 5.68. The first-order valence-electron chi connectivity index (χ1n) is 6.64. The van der Waals surface area contributed by atoms with Gasteiger partial charge in [0.05, 0.1) is 0 Å². The highest BCUT2D eigenvalue weighted by molar-refractivity contribution is 8.13. The first-order chi connectivity index (χ1) is 10.5. The van der Waals surface area contributed by atoms with Crippen LogP contribution in [0.5, 0.6) is 0 Å². The van der Waals surface area contributed by atoms with Gasteiger partial charge in [0.2, 0.25) is 0 Å². The molecule has 1 aromatic carbocycles. The zero-order valence-electron chi connectivity index (χ0n) is 12.2. The van der Waals surface area contributed by atoms with Crippen molar-refractivity contribution in [3.63, 3.8) is 0 Å². The van der Waals surface area contributed by atoms with Crippen molar-refractivity contribution in [2.24, 2.45) is 0 Å². The van der Waals surface area contributed by atoms with Crippen LogP contribution in [0.3, 0.4) is 0 Å². The zero-order chi connectivity index (χ0) is 16.1. The van der Waals surface area contributed by atoms with Crippen LogP contribution in [-0.4, -0.2) is 14.9 Å². The second-order valence-electron chi connectivity index (χ2n) is 4.80. The summed E-state index contributed by atoms with van der Waals surface area (Å²) in [5.74, 6) is -0.578. The van der Waals surface area contributed by atoms with Gasteiger partial charge in [0.1, 0.15) is 6.61 Å². The number of nitrogens with zero attached hydrogens (tertiary/aromatic N) is 2. The van der Waals surface area contributed by atoms with E-state index in [0.29, 0.717) is 5.16 Å². The molecule has 22 heavy (non-hydrogen) atoms. The molecule has 0 aliphatic rings. The second kappa shape index (κ2) is 7.51. The van der Waals surface area contributed by atoms with E-state index in [0.717, 1.165) is 17.3 Å². The summed E-state index contributed by atoms with van der Waals surface area (Å²) in [5, 5.41) is -0.189. The molecule has 1 aromatic heterocycles. The van der Waals surface area contributed by atoms with E-state index in [1.54, 1.807) is 4.57 Å². The van der Waals surface area contributed by atoms with Crippen molar-refractivity contribution in [2.45, 2.75) is 31.7 Å². The largest absolute Gasteiger partial charge is 0.452 e. The van der Waals surface area contributed by atoms with Gasteiger partial charge in [0.25, 0.3) is 0 Å². The molecule has 0 bridgehead atoms. The van der Waals surface area contributed by atoms with Crippen molar-refractivity contribution in [1.82, 2.24) is 9.55 Å². The molecule has 0 N–H and O–H groups in total. The molecule has 7 heteroatoms. The molecule has 0 unspecified atom stereocenters. The molecule has 0 saturated carbocycles. The van der Waals surface area contributed by atoms with E-state index >= 15 is 0 Å². The predicted octanol–water partition coefficient (Wildman–Crippen LogP) is 4.76. The molecular weight excluding hydrogens is 323 g/mol. The summed E-state index contributed by atoms with van der Waals surface area (Å²) in [6.45, 7) is 3.91. The van der Waals surface area contributed by atoms with E-state index in [2.05, 4.69) is 4.98 Å². The first kappa shape index (κ1) is 16.6. The molecule has 0 aliphatic heterocycles.